The lowest BCUT2D eigenvalue weighted by Gasteiger charge is -2.36. The van der Waals surface area contributed by atoms with Crippen LogP contribution in [0.25, 0.3) is 11.2 Å². The molecule has 1 saturated heterocycles. The summed E-state index contributed by atoms with van der Waals surface area (Å²) in [5, 5.41) is 20.7. The van der Waals surface area contributed by atoms with E-state index in [-0.39, 0.29) is 22.7 Å². The first-order valence-corrected chi connectivity index (χ1v) is 17.1. The summed E-state index contributed by atoms with van der Waals surface area (Å²) >= 11 is 0. The molecule has 0 bridgehead atoms. The third-order valence-electron chi connectivity index (χ3n) is 5.27. The number of phosphoric ester groups is 2. The number of benzene rings is 1. The summed E-state index contributed by atoms with van der Waals surface area (Å²) in [7, 11) is -23.4. The zero-order chi connectivity index (χ0) is 31.8. The average Bonchev–Trinajstić information content (AvgIpc) is 3.42. The van der Waals surface area contributed by atoms with Crippen LogP contribution in [0.3, 0.4) is 0 Å². The highest BCUT2D eigenvalue weighted by atomic mass is 31.3. The molecule has 8 atom stereocenters. The zero-order valence-corrected chi connectivity index (χ0v) is 24.7. The topological polar surface area (TPSA) is 335 Å². The summed E-state index contributed by atoms with van der Waals surface area (Å²) in [6.07, 6.45) is -4.35. The number of nitrogens with zero attached hydrogens (tertiary/aromatic N) is 4. The molecule has 1 aliphatic rings. The monoisotopic (exact) mass is 689 g/mol. The van der Waals surface area contributed by atoms with Gasteiger partial charge in [-0.3, -0.25) is 22.8 Å². The quantitative estimate of drug-likeness (QED) is 0.164. The molecule has 0 radical (unpaired) electrons. The summed E-state index contributed by atoms with van der Waals surface area (Å²) in [6, 6.07) is 4.53. The van der Waals surface area contributed by atoms with Crippen LogP contribution in [0.15, 0.2) is 36.9 Å². The fraction of sp³-hybridized carbons (Fsp3) is 0.353. The Morgan fingerprint density at radius 1 is 0.884 bits per heavy atom. The van der Waals surface area contributed by atoms with Crippen LogP contribution >= 0.6 is 31.3 Å². The van der Waals surface area contributed by atoms with Gasteiger partial charge >= 0.3 is 7.82 Å². The van der Waals surface area contributed by atoms with E-state index in [0.29, 0.717) is 0 Å². The van der Waals surface area contributed by atoms with Gasteiger partial charge in [0, 0.05) is 0 Å². The molecule has 4 rings (SSSR count). The summed E-state index contributed by atoms with van der Waals surface area (Å²) in [6.45, 7) is -1.17. The van der Waals surface area contributed by atoms with Gasteiger partial charge in [0.15, 0.2) is 17.7 Å². The van der Waals surface area contributed by atoms with E-state index in [9.17, 15) is 48.0 Å². The van der Waals surface area contributed by atoms with Crippen molar-refractivity contribution < 1.29 is 79.5 Å². The second kappa shape index (κ2) is 12.6. The smallest absolute Gasteiger partial charge is 0.326 e. The molecule has 22 nitrogen and oxygen atoms in total. The molecule has 3 aromatic rings. The van der Waals surface area contributed by atoms with Crippen LogP contribution in [0.4, 0.5) is 5.82 Å². The predicted octanol–water partition coefficient (Wildman–Crippen LogP) is -1.94. The highest BCUT2D eigenvalue weighted by molar-refractivity contribution is 7.68. The fourth-order valence-electron chi connectivity index (χ4n) is 3.52. The Balaban J connectivity index is 1.34. The van der Waals surface area contributed by atoms with Crippen LogP contribution in [-0.4, -0.2) is 61.8 Å². The van der Waals surface area contributed by atoms with Crippen LogP contribution in [0.1, 0.15) is 6.23 Å². The van der Waals surface area contributed by atoms with Crippen molar-refractivity contribution in [1.82, 2.24) is 19.5 Å². The van der Waals surface area contributed by atoms with Gasteiger partial charge < -0.3 is 54.0 Å². The van der Waals surface area contributed by atoms with Gasteiger partial charge in [-0.05, 0) is 24.3 Å². The molecule has 1 fully saturated rings. The van der Waals surface area contributed by atoms with Crippen LogP contribution in [0.5, 0.6) is 11.5 Å². The number of nitrogen functional groups attached to an aromatic ring is 1. The predicted molar refractivity (Wildman–Crippen MR) is 129 cm³/mol. The number of aliphatic hydroxyl groups excluding tert-OH is 2. The highest BCUT2D eigenvalue weighted by Gasteiger charge is 2.45. The van der Waals surface area contributed by atoms with Crippen LogP contribution < -0.4 is 34.6 Å². The second-order valence-electron chi connectivity index (χ2n) is 8.23. The number of ether oxygens (including phenoxy) is 2. The Hall–Kier alpha value is -2.35. The maximum absolute atomic E-state index is 12.1. The van der Waals surface area contributed by atoms with E-state index in [2.05, 4.69) is 36.9 Å². The number of imidazole rings is 1. The maximum atomic E-state index is 12.1. The third kappa shape index (κ3) is 8.43. The van der Waals surface area contributed by atoms with E-state index in [4.69, 9.17) is 15.2 Å². The van der Waals surface area contributed by atoms with Crippen molar-refractivity contribution in [2.45, 2.75) is 24.5 Å². The van der Waals surface area contributed by atoms with Crippen molar-refractivity contribution in [1.29, 1.82) is 0 Å². The van der Waals surface area contributed by atoms with Crippen molar-refractivity contribution in [2.24, 2.45) is 0 Å². The fourth-order valence-corrected chi connectivity index (χ4v) is 8.27. The van der Waals surface area contributed by atoms with E-state index < -0.39 is 68.2 Å². The molecule has 5 unspecified atom stereocenters. The first-order chi connectivity index (χ1) is 19.9. The first kappa shape index (κ1) is 33.5. The van der Waals surface area contributed by atoms with Crippen LogP contribution in [0, 0.1) is 0 Å². The molecule has 1 aromatic carbocycles. The normalized spacial score (nSPS) is 26.2. The molecule has 238 valence electrons. The van der Waals surface area contributed by atoms with Crippen LogP contribution in [-0.2, 0) is 40.5 Å². The van der Waals surface area contributed by atoms with E-state index in [0.717, 1.165) is 29.4 Å². The Bertz CT molecular complexity index is 1660. The number of phosphoric acid groups is 4. The lowest BCUT2D eigenvalue weighted by Crippen LogP contribution is -2.34. The molecule has 0 amide bonds. The molecule has 1 aliphatic heterocycles. The standard InChI is InChI=1S/C17H23N5O17P4/c1-33-9-2-4-10(5-3-9)36-41(27,28)38-43(31,32)39-42(29,30)37-40(25,26)34-6-11-13(23)14(24)17(35-11)22-8-21-12-15(18)19-7-20-16(12)22/h2-5,7-8,11,13-14,17,23-24H,6H2,1H3,(H,25,26)(H,27,28)(H,29,30)(H,31,32)(H2,18,19,20)/p-4/t11-,13+,14?,17-/m1/s1. The third-order valence-corrected chi connectivity index (χ3v) is 11.0. The number of anilines is 1. The SMILES string of the molecule is COc1ccc(OP(=O)([O-])OP(=O)([O-])OP(=O)([O-])OP(=O)([O-])OC[C@H]2O[C@@H](n3cnc4c(N)ncnc43)C(O)[C@H]2O)cc1. The minimum atomic E-state index is -6.46. The molecule has 43 heavy (non-hydrogen) atoms. The molecule has 0 aliphatic carbocycles. The largest absolute Gasteiger partial charge is 0.756 e. The molecular weight excluding hydrogens is 670 g/mol. The van der Waals surface area contributed by atoms with Crippen molar-refractivity contribution in [3.63, 3.8) is 0 Å². The van der Waals surface area contributed by atoms with Crippen molar-refractivity contribution in [3.05, 3.63) is 36.9 Å². The number of fused-ring (bicyclic) bond motifs is 1. The summed E-state index contributed by atoms with van der Waals surface area (Å²) < 4.78 is 78.6. The first-order valence-electron chi connectivity index (χ1n) is 11.2. The molecular formula is C17H19N5O17P4-4. The van der Waals surface area contributed by atoms with Gasteiger partial charge in [-0.15, -0.1) is 0 Å². The van der Waals surface area contributed by atoms with Gasteiger partial charge in [0.1, 0.15) is 41.7 Å². The number of hydrogen-bond donors (Lipinski definition) is 3. The number of aromatic nitrogens is 4. The van der Waals surface area contributed by atoms with Gasteiger partial charge in [0.25, 0.3) is 23.5 Å². The van der Waals surface area contributed by atoms with Crippen molar-refractivity contribution in [2.75, 3.05) is 19.5 Å². The van der Waals surface area contributed by atoms with E-state index >= 15 is 0 Å². The summed E-state index contributed by atoms with van der Waals surface area (Å²) in [4.78, 5) is 59.4. The van der Waals surface area contributed by atoms with E-state index in [1.165, 1.54) is 19.2 Å². The van der Waals surface area contributed by atoms with Gasteiger partial charge in [-0.2, -0.15) is 0 Å². The zero-order valence-electron chi connectivity index (χ0n) is 21.2. The second-order valence-corrected chi connectivity index (χ2v) is 14.2. The van der Waals surface area contributed by atoms with Gasteiger partial charge in [0.2, 0.25) is 0 Å². The Kier molecular flexibility index (Phi) is 9.80. The Morgan fingerprint density at radius 3 is 2.09 bits per heavy atom. The molecule has 0 spiro atoms. The summed E-state index contributed by atoms with van der Waals surface area (Å²) in [5.74, 6) is -0.209. The van der Waals surface area contributed by atoms with Gasteiger partial charge in [-0.25, -0.2) is 27.9 Å². The number of methoxy groups -OCH3 is 1. The Morgan fingerprint density at radius 2 is 1.47 bits per heavy atom. The molecule has 26 heteroatoms. The lowest BCUT2D eigenvalue weighted by atomic mass is 10.1. The van der Waals surface area contributed by atoms with Crippen molar-refractivity contribution in [3.8, 4) is 11.5 Å². The number of nitrogens with two attached hydrogens (primary N) is 1. The molecule has 4 N–H and O–H groups in total. The van der Waals surface area contributed by atoms with Crippen molar-refractivity contribution >= 4 is 48.3 Å². The summed E-state index contributed by atoms with van der Waals surface area (Å²) in [5.41, 5.74) is 5.89. The van der Waals surface area contributed by atoms with E-state index in [1.807, 2.05) is 0 Å². The lowest BCUT2D eigenvalue weighted by molar-refractivity contribution is -0.253. The Labute approximate surface area is 240 Å². The van der Waals surface area contributed by atoms with Gasteiger partial charge in [0.05, 0.1) is 20.0 Å². The molecule has 2 aromatic heterocycles. The van der Waals surface area contributed by atoms with Crippen LogP contribution in [0.2, 0.25) is 0 Å². The van der Waals surface area contributed by atoms with Gasteiger partial charge in [-0.1, -0.05) is 0 Å². The molecule has 0 saturated carbocycles. The minimum Gasteiger partial charge on any atom is -0.756 e. The number of hydrogen-bond acceptors (Lipinski definition) is 21. The minimum absolute atomic E-state index is 0.0127. The maximum Gasteiger partial charge on any atom is 0.326 e. The molecule has 3 heterocycles. The highest BCUT2D eigenvalue weighted by Crippen LogP contribution is 2.66. The number of aliphatic hydroxyl groups is 2. The average molecular weight is 689 g/mol. The number of rotatable bonds is 13. The van der Waals surface area contributed by atoms with E-state index in [1.54, 1.807) is 0 Å².